The molecule has 0 unspecified atom stereocenters. The molecule has 0 spiro atoms. The van der Waals surface area contributed by atoms with Crippen LogP contribution in [0.15, 0.2) is 18.5 Å². The van der Waals surface area contributed by atoms with E-state index in [2.05, 4.69) is 10.3 Å². The van der Waals surface area contributed by atoms with Crippen molar-refractivity contribution in [3.05, 3.63) is 18.5 Å². The van der Waals surface area contributed by atoms with Gasteiger partial charge in [0, 0.05) is 21.0 Å². The first-order chi connectivity index (χ1) is 6.09. The molecular formula is C9H13N3O. The molecule has 4 nitrogen and oxygen atoms in total. The van der Waals surface area contributed by atoms with E-state index < -0.39 is 0 Å². The lowest BCUT2D eigenvalue weighted by Gasteiger charge is -2.12. The zero-order valence-corrected chi connectivity index (χ0v) is 8.03. The Bertz CT molecular complexity index is 309. The lowest BCUT2D eigenvalue weighted by atomic mass is 10.3. The molecule has 1 aromatic heterocycles. The highest BCUT2D eigenvalue weighted by molar-refractivity contribution is 5.88. The largest absolute Gasteiger partial charge is 0.376 e. The third kappa shape index (κ3) is 2.74. The molecular weight excluding hydrogens is 166 g/mol. The molecule has 0 aliphatic rings. The molecule has 4 heteroatoms. The number of aromatic nitrogens is 1. The normalized spacial score (nSPS) is 9.46. The summed E-state index contributed by atoms with van der Waals surface area (Å²) >= 11 is 0. The van der Waals surface area contributed by atoms with Crippen molar-refractivity contribution in [1.29, 1.82) is 0 Å². The van der Waals surface area contributed by atoms with Gasteiger partial charge in [0.1, 0.15) is 0 Å². The summed E-state index contributed by atoms with van der Waals surface area (Å²) in [4.78, 5) is 16.7. The fourth-order valence-corrected chi connectivity index (χ4v) is 0.944. The Kier molecular flexibility index (Phi) is 2.84. The maximum absolute atomic E-state index is 10.7. The average Bonchev–Trinajstić information content (AvgIpc) is 2.03. The van der Waals surface area contributed by atoms with Crippen LogP contribution in [0.1, 0.15) is 6.92 Å². The molecule has 70 valence electrons. The predicted octanol–water partition coefficient (Wildman–Crippen LogP) is 1.11. The first-order valence-corrected chi connectivity index (χ1v) is 3.99. The van der Waals surface area contributed by atoms with E-state index in [0.29, 0.717) is 0 Å². The van der Waals surface area contributed by atoms with E-state index in [1.165, 1.54) is 6.92 Å². The van der Waals surface area contributed by atoms with Crippen molar-refractivity contribution < 1.29 is 4.79 Å². The third-order valence-electron chi connectivity index (χ3n) is 1.56. The Morgan fingerprint density at radius 2 is 2.15 bits per heavy atom. The van der Waals surface area contributed by atoms with Crippen LogP contribution in [-0.2, 0) is 4.79 Å². The maximum atomic E-state index is 10.7. The average molecular weight is 179 g/mol. The van der Waals surface area contributed by atoms with Gasteiger partial charge in [-0.05, 0) is 6.07 Å². The molecule has 0 fully saturated rings. The van der Waals surface area contributed by atoms with E-state index in [9.17, 15) is 4.79 Å². The second kappa shape index (κ2) is 3.89. The summed E-state index contributed by atoms with van der Waals surface area (Å²) in [6, 6.07) is 1.87. The second-order valence-electron chi connectivity index (χ2n) is 3.01. The minimum absolute atomic E-state index is 0.0855. The van der Waals surface area contributed by atoms with Crippen LogP contribution in [-0.4, -0.2) is 25.0 Å². The SMILES string of the molecule is CC(=O)Nc1cncc(N(C)C)c1. The number of hydrogen-bond acceptors (Lipinski definition) is 3. The summed E-state index contributed by atoms with van der Waals surface area (Å²) in [5, 5.41) is 2.67. The van der Waals surface area contributed by atoms with Gasteiger partial charge in [-0.15, -0.1) is 0 Å². The number of anilines is 2. The van der Waals surface area contributed by atoms with Gasteiger partial charge in [0.25, 0.3) is 0 Å². The van der Waals surface area contributed by atoms with Gasteiger partial charge in [0.15, 0.2) is 0 Å². The number of rotatable bonds is 2. The zero-order valence-electron chi connectivity index (χ0n) is 8.03. The molecule has 0 atom stereocenters. The number of carbonyl (C=O) groups is 1. The third-order valence-corrected chi connectivity index (χ3v) is 1.56. The standard InChI is InChI=1S/C9H13N3O/c1-7(13)11-8-4-9(12(2)3)6-10-5-8/h4-6H,1-3H3,(H,11,13). The number of pyridine rings is 1. The van der Waals surface area contributed by atoms with Crippen molar-refractivity contribution in [2.24, 2.45) is 0 Å². The van der Waals surface area contributed by atoms with E-state index in [-0.39, 0.29) is 5.91 Å². The molecule has 0 bridgehead atoms. The predicted molar refractivity (Wildman–Crippen MR) is 52.9 cm³/mol. The summed E-state index contributed by atoms with van der Waals surface area (Å²) < 4.78 is 0. The van der Waals surface area contributed by atoms with Crippen molar-refractivity contribution >= 4 is 17.3 Å². The first-order valence-electron chi connectivity index (χ1n) is 3.99. The monoisotopic (exact) mass is 179 g/mol. The Hall–Kier alpha value is -1.58. The summed E-state index contributed by atoms with van der Waals surface area (Å²) in [5.41, 5.74) is 1.69. The van der Waals surface area contributed by atoms with Crippen LogP contribution in [0, 0.1) is 0 Å². The van der Waals surface area contributed by atoms with Crippen molar-refractivity contribution in [3.63, 3.8) is 0 Å². The highest BCUT2D eigenvalue weighted by atomic mass is 16.1. The van der Waals surface area contributed by atoms with Gasteiger partial charge >= 0.3 is 0 Å². The topological polar surface area (TPSA) is 45.2 Å². The van der Waals surface area contributed by atoms with Crippen LogP contribution in [0.4, 0.5) is 11.4 Å². The number of hydrogen-bond donors (Lipinski definition) is 1. The highest BCUT2D eigenvalue weighted by Crippen LogP contribution is 2.14. The Morgan fingerprint density at radius 1 is 1.46 bits per heavy atom. The van der Waals surface area contributed by atoms with Crippen molar-refractivity contribution in [2.75, 3.05) is 24.3 Å². The highest BCUT2D eigenvalue weighted by Gasteiger charge is 1.99. The molecule has 1 rings (SSSR count). The first kappa shape index (κ1) is 9.51. The quantitative estimate of drug-likeness (QED) is 0.739. The van der Waals surface area contributed by atoms with Crippen LogP contribution < -0.4 is 10.2 Å². The van der Waals surface area contributed by atoms with Crippen LogP contribution in [0.3, 0.4) is 0 Å². The van der Waals surface area contributed by atoms with Gasteiger partial charge in [-0.2, -0.15) is 0 Å². The minimum atomic E-state index is -0.0855. The zero-order chi connectivity index (χ0) is 9.84. The summed E-state index contributed by atoms with van der Waals surface area (Å²) in [6.07, 6.45) is 3.36. The maximum Gasteiger partial charge on any atom is 0.221 e. The van der Waals surface area contributed by atoms with Crippen LogP contribution >= 0.6 is 0 Å². The summed E-state index contributed by atoms with van der Waals surface area (Å²) in [6.45, 7) is 1.47. The lowest BCUT2D eigenvalue weighted by molar-refractivity contribution is -0.114. The van der Waals surface area contributed by atoms with Crippen LogP contribution in [0.2, 0.25) is 0 Å². The van der Waals surface area contributed by atoms with Crippen LogP contribution in [0.25, 0.3) is 0 Å². The van der Waals surface area contributed by atoms with Crippen molar-refractivity contribution in [1.82, 2.24) is 4.98 Å². The number of amides is 1. The van der Waals surface area contributed by atoms with Gasteiger partial charge in [0.05, 0.1) is 23.8 Å². The summed E-state index contributed by atoms with van der Waals surface area (Å²) in [7, 11) is 3.85. The van der Waals surface area contributed by atoms with E-state index in [4.69, 9.17) is 0 Å². The number of nitrogens with zero attached hydrogens (tertiary/aromatic N) is 2. The Morgan fingerprint density at radius 3 is 2.69 bits per heavy atom. The minimum Gasteiger partial charge on any atom is -0.376 e. The molecule has 0 aliphatic heterocycles. The molecule has 1 N–H and O–H groups in total. The molecule has 13 heavy (non-hydrogen) atoms. The number of nitrogens with one attached hydrogen (secondary N) is 1. The molecule has 1 heterocycles. The molecule has 0 aliphatic carbocycles. The second-order valence-corrected chi connectivity index (χ2v) is 3.01. The van der Waals surface area contributed by atoms with Gasteiger partial charge < -0.3 is 10.2 Å². The van der Waals surface area contributed by atoms with Crippen molar-refractivity contribution in [3.8, 4) is 0 Å². The van der Waals surface area contributed by atoms with E-state index in [1.54, 1.807) is 12.4 Å². The molecule has 0 saturated heterocycles. The van der Waals surface area contributed by atoms with Crippen molar-refractivity contribution in [2.45, 2.75) is 6.92 Å². The molecule has 0 radical (unpaired) electrons. The van der Waals surface area contributed by atoms with E-state index in [1.807, 2.05) is 25.1 Å². The van der Waals surface area contributed by atoms with Gasteiger partial charge in [-0.3, -0.25) is 9.78 Å². The molecule has 1 amide bonds. The van der Waals surface area contributed by atoms with E-state index >= 15 is 0 Å². The van der Waals surface area contributed by atoms with E-state index in [0.717, 1.165) is 11.4 Å². The lowest BCUT2D eigenvalue weighted by Crippen LogP contribution is -2.11. The van der Waals surface area contributed by atoms with Gasteiger partial charge in [0.2, 0.25) is 5.91 Å². The Balaban J connectivity index is 2.85. The Labute approximate surface area is 77.6 Å². The molecule has 0 aromatic carbocycles. The molecule has 1 aromatic rings. The molecule has 0 saturated carbocycles. The fraction of sp³-hybridized carbons (Fsp3) is 0.333. The van der Waals surface area contributed by atoms with Crippen LogP contribution in [0.5, 0.6) is 0 Å². The smallest absolute Gasteiger partial charge is 0.221 e. The fourth-order valence-electron chi connectivity index (χ4n) is 0.944. The number of carbonyl (C=O) groups excluding carboxylic acids is 1. The summed E-state index contributed by atoms with van der Waals surface area (Å²) in [5.74, 6) is -0.0855. The van der Waals surface area contributed by atoms with Gasteiger partial charge in [-0.1, -0.05) is 0 Å². The van der Waals surface area contributed by atoms with Gasteiger partial charge in [-0.25, -0.2) is 0 Å².